The van der Waals surface area contributed by atoms with Crippen LogP contribution in [0.2, 0.25) is 0 Å². The number of rotatable bonds is 4. The van der Waals surface area contributed by atoms with Crippen molar-refractivity contribution in [2.24, 2.45) is 5.92 Å². The average molecular weight is 210 g/mol. The minimum atomic E-state index is -4.54. The Morgan fingerprint density at radius 2 is 2.07 bits per heavy atom. The van der Waals surface area contributed by atoms with Gasteiger partial charge in [-0.05, 0) is 20.3 Å². The molecule has 2 nitrogen and oxygen atoms in total. The van der Waals surface area contributed by atoms with E-state index in [0.717, 1.165) is 0 Å². The van der Waals surface area contributed by atoms with Crippen molar-refractivity contribution in [3.05, 3.63) is 12.2 Å². The average Bonchev–Trinajstić information content (AvgIpc) is 2.03. The molecule has 14 heavy (non-hydrogen) atoms. The molecular weight excluding hydrogens is 197 g/mol. The zero-order valence-electron chi connectivity index (χ0n) is 8.10. The highest BCUT2D eigenvalue weighted by Gasteiger charge is 2.44. The van der Waals surface area contributed by atoms with Crippen LogP contribution in [0.1, 0.15) is 20.3 Å². The van der Waals surface area contributed by atoms with Crippen LogP contribution in [0.3, 0.4) is 0 Å². The Bertz CT molecular complexity index is 209. The summed E-state index contributed by atoms with van der Waals surface area (Å²) in [7, 11) is 0. The minimum Gasteiger partial charge on any atom is -0.466 e. The first-order valence-corrected chi connectivity index (χ1v) is 4.28. The zero-order chi connectivity index (χ0) is 11.2. The topological polar surface area (TPSA) is 26.3 Å². The zero-order valence-corrected chi connectivity index (χ0v) is 8.10. The van der Waals surface area contributed by atoms with Crippen molar-refractivity contribution in [2.45, 2.75) is 26.4 Å². The second-order valence-corrected chi connectivity index (χ2v) is 2.65. The molecule has 0 fully saturated rings. The molecule has 0 aromatic carbocycles. The summed E-state index contributed by atoms with van der Waals surface area (Å²) >= 11 is 0. The van der Waals surface area contributed by atoms with Crippen LogP contribution in [0.25, 0.3) is 0 Å². The van der Waals surface area contributed by atoms with Crippen LogP contribution in [0.5, 0.6) is 0 Å². The molecule has 0 aromatic heterocycles. The third-order valence-corrected chi connectivity index (χ3v) is 1.57. The number of hydrogen-bond acceptors (Lipinski definition) is 2. The van der Waals surface area contributed by atoms with Gasteiger partial charge in [0.25, 0.3) is 0 Å². The van der Waals surface area contributed by atoms with Gasteiger partial charge in [0, 0.05) is 0 Å². The van der Waals surface area contributed by atoms with Crippen molar-refractivity contribution in [2.75, 3.05) is 6.61 Å². The van der Waals surface area contributed by atoms with Crippen molar-refractivity contribution in [3.63, 3.8) is 0 Å². The lowest BCUT2D eigenvalue weighted by molar-refractivity contribution is -0.196. The van der Waals surface area contributed by atoms with Crippen LogP contribution < -0.4 is 0 Å². The molecule has 0 aliphatic heterocycles. The van der Waals surface area contributed by atoms with Gasteiger partial charge in [-0.3, -0.25) is 4.79 Å². The molecule has 0 aliphatic carbocycles. The normalized spacial score (nSPS) is 14.4. The van der Waals surface area contributed by atoms with E-state index >= 15 is 0 Å². The summed E-state index contributed by atoms with van der Waals surface area (Å²) < 4.78 is 41.2. The maximum atomic E-state index is 12.3. The predicted octanol–water partition coefficient (Wildman–Crippen LogP) is 2.69. The largest absolute Gasteiger partial charge is 0.466 e. The predicted molar refractivity (Wildman–Crippen MR) is 45.6 cm³/mol. The summed E-state index contributed by atoms with van der Waals surface area (Å²) in [4.78, 5) is 10.9. The number of alkyl halides is 3. The fourth-order valence-corrected chi connectivity index (χ4v) is 0.879. The van der Waals surface area contributed by atoms with Crippen molar-refractivity contribution >= 4 is 5.97 Å². The molecular formula is C9H13F3O2. The van der Waals surface area contributed by atoms with Gasteiger partial charge >= 0.3 is 12.1 Å². The summed E-state index contributed by atoms with van der Waals surface area (Å²) in [6.07, 6.45) is -2.13. The Hall–Kier alpha value is -1.00. The highest BCUT2D eigenvalue weighted by Crippen LogP contribution is 2.30. The van der Waals surface area contributed by atoms with E-state index in [9.17, 15) is 18.0 Å². The first-order valence-electron chi connectivity index (χ1n) is 4.28. The van der Waals surface area contributed by atoms with E-state index in [-0.39, 0.29) is 13.0 Å². The number of esters is 1. The lowest BCUT2D eigenvalue weighted by Crippen LogP contribution is -2.31. The van der Waals surface area contributed by atoms with Crippen molar-refractivity contribution in [3.8, 4) is 0 Å². The van der Waals surface area contributed by atoms with Gasteiger partial charge in [-0.25, -0.2) is 0 Å². The number of carbonyl (C=O) groups is 1. The molecule has 82 valence electrons. The van der Waals surface area contributed by atoms with Crippen LogP contribution in [0, 0.1) is 5.92 Å². The number of hydrogen-bond donors (Lipinski definition) is 0. The molecule has 0 aromatic rings. The number of ether oxygens (including phenoxy) is 1. The van der Waals surface area contributed by atoms with Crippen molar-refractivity contribution in [1.82, 2.24) is 0 Å². The van der Waals surface area contributed by atoms with Crippen LogP contribution in [0.4, 0.5) is 13.2 Å². The third kappa shape index (κ3) is 4.30. The van der Waals surface area contributed by atoms with E-state index in [0.29, 0.717) is 0 Å². The highest BCUT2D eigenvalue weighted by molar-refractivity contribution is 5.73. The Labute approximate surface area is 80.7 Å². The van der Waals surface area contributed by atoms with E-state index < -0.39 is 18.1 Å². The van der Waals surface area contributed by atoms with E-state index in [1.807, 2.05) is 0 Å². The summed E-state index contributed by atoms with van der Waals surface area (Å²) in [5.74, 6) is -3.25. The Balaban J connectivity index is 4.47. The molecule has 0 amide bonds. The summed E-state index contributed by atoms with van der Waals surface area (Å²) in [5.41, 5.74) is 0. The molecule has 1 unspecified atom stereocenters. The van der Waals surface area contributed by atoms with Gasteiger partial charge in [0.15, 0.2) is 5.92 Å². The Kier molecular flexibility index (Phi) is 5.27. The van der Waals surface area contributed by atoms with Gasteiger partial charge in [-0.2, -0.15) is 13.2 Å². The van der Waals surface area contributed by atoms with Gasteiger partial charge in [0.05, 0.1) is 6.61 Å². The molecule has 0 heterocycles. The van der Waals surface area contributed by atoms with Crippen LogP contribution in [0.15, 0.2) is 12.2 Å². The molecule has 0 radical (unpaired) electrons. The molecule has 0 bridgehead atoms. The van der Waals surface area contributed by atoms with Gasteiger partial charge < -0.3 is 4.74 Å². The van der Waals surface area contributed by atoms with Crippen LogP contribution >= 0.6 is 0 Å². The smallest absolute Gasteiger partial charge is 0.402 e. The third-order valence-electron chi connectivity index (χ3n) is 1.57. The van der Waals surface area contributed by atoms with Gasteiger partial charge in [0.1, 0.15) is 0 Å². The van der Waals surface area contributed by atoms with E-state index in [1.165, 1.54) is 19.1 Å². The summed E-state index contributed by atoms with van der Waals surface area (Å²) in [5, 5.41) is 0. The first kappa shape index (κ1) is 13.0. The van der Waals surface area contributed by atoms with Gasteiger partial charge in [-0.1, -0.05) is 12.2 Å². The van der Waals surface area contributed by atoms with Gasteiger partial charge in [0.2, 0.25) is 0 Å². The second-order valence-electron chi connectivity index (χ2n) is 2.65. The molecule has 0 rings (SSSR count). The van der Waals surface area contributed by atoms with E-state index in [2.05, 4.69) is 4.74 Å². The quantitative estimate of drug-likeness (QED) is 0.526. The fraction of sp³-hybridized carbons (Fsp3) is 0.667. The van der Waals surface area contributed by atoms with E-state index in [1.54, 1.807) is 6.92 Å². The first-order chi connectivity index (χ1) is 6.43. The van der Waals surface area contributed by atoms with Crippen molar-refractivity contribution < 1.29 is 22.7 Å². The number of allylic oxidation sites excluding steroid dienone is 2. The lowest BCUT2D eigenvalue weighted by atomic mass is 10.1. The standard InChI is InChI=1S/C9H13F3O2/c1-3-5-6-7(9(10,11)12)8(13)14-4-2/h3,5,7H,4,6H2,1-2H3/b5-3+. The number of halogens is 3. The maximum absolute atomic E-state index is 12.3. The van der Waals surface area contributed by atoms with Crippen LogP contribution in [-0.4, -0.2) is 18.8 Å². The molecule has 5 heteroatoms. The molecule has 0 N–H and O–H groups in total. The highest BCUT2D eigenvalue weighted by atomic mass is 19.4. The molecule has 0 saturated carbocycles. The fourth-order valence-electron chi connectivity index (χ4n) is 0.879. The molecule has 1 atom stereocenters. The van der Waals surface area contributed by atoms with Crippen molar-refractivity contribution in [1.29, 1.82) is 0 Å². The number of carbonyl (C=O) groups excluding carboxylic acids is 1. The van der Waals surface area contributed by atoms with Gasteiger partial charge in [-0.15, -0.1) is 0 Å². The van der Waals surface area contributed by atoms with Crippen LogP contribution in [-0.2, 0) is 9.53 Å². The summed E-state index contributed by atoms with van der Waals surface area (Å²) in [6.45, 7) is 3.03. The van der Waals surface area contributed by atoms with E-state index in [4.69, 9.17) is 0 Å². The minimum absolute atomic E-state index is 0.0404. The SMILES string of the molecule is C/C=C/CC(C(=O)OCC)C(F)(F)F. The summed E-state index contributed by atoms with van der Waals surface area (Å²) in [6, 6.07) is 0. The molecule has 0 saturated heterocycles. The second kappa shape index (κ2) is 5.67. The lowest BCUT2D eigenvalue weighted by Gasteiger charge is -2.16. The molecule has 0 aliphatic rings. The monoisotopic (exact) mass is 210 g/mol. The Morgan fingerprint density at radius 3 is 2.43 bits per heavy atom. The maximum Gasteiger partial charge on any atom is 0.402 e. The molecule has 0 spiro atoms. The Morgan fingerprint density at radius 1 is 1.50 bits per heavy atom.